The van der Waals surface area contributed by atoms with Gasteiger partial charge in [-0.1, -0.05) is 28.1 Å². The second-order valence-electron chi connectivity index (χ2n) is 3.81. The van der Waals surface area contributed by atoms with Crippen LogP contribution in [0.1, 0.15) is 5.56 Å². The van der Waals surface area contributed by atoms with Gasteiger partial charge in [0.1, 0.15) is 4.99 Å². The lowest BCUT2D eigenvalue weighted by atomic mass is 10.1. The number of benzene rings is 2. The van der Waals surface area contributed by atoms with Gasteiger partial charge >= 0.3 is 0 Å². The standard InChI is InChI=1S/C13H9BrF2N2S/c14-7-1-4-12(9(5-7)13(17)19)18-8-2-3-10(15)11(16)6-8/h1-6,18H,(H2,17,19). The summed E-state index contributed by atoms with van der Waals surface area (Å²) >= 11 is 8.27. The third-order valence-electron chi connectivity index (χ3n) is 2.45. The summed E-state index contributed by atoms with van der Waals surface area (Å²) in [6.07, 6.45) is 0. The van der Waals surface area contributed by atoms with Gasteiger partial charge in [0.2, 0.25) is 0 Å². The number of nitrogens with two attached hydrogens (primary N) is 1. The quantitative estimate of drug-likeness (QED) is 0.824. The highest BCUT2D eigenvalue weighted by Gasteiger charge is 2.08. The highest BCUT2D eigenvalue weighted by molar-refractivity contribution is 9.10. The fourth-order valence-corrected chi connectivity index (χ4v) is 2.09. The minimum Gasteiger partial charge on any atom is -0.389 e. The minimum absolute atomic E-state index is 0.214. The van der Waals surface area contributed by atoms with Crippen molar-refractivity contribution in [3.05, 3.63) is 58.1 Å². The van der Waals surface area contributed by atoms with Crippen LogP contribution in [0, 0.1) is 11.6 Å². The van der Waals surface area contributed by atoms with Gasteiger partial charge in [-0.2, -0.15) is 0 Å². The van der Waals surface area contributed by atoms with Crippen molar-refractivity contribution in [3.63, 3.8) is 0 Å². The maximum atomic E-state index is 13.1. The molecule has 2 rings (SSSR count). The fraction of sp³-hybridized carbons (Fsp3) is 0. The van der Waals surface area contributed by atoms with E-state index in [1.165, 1.54) is 6.07 Å². The lowest BCUT2D eigenvalue weighted by Crippen LogP contribution is -2.12. The van der Waals surface area contributed by atoms with Crippen LogP contribution in [0.15, 0.2) is 40.9 Å². The van der Waals surface area contributed by atoms with E-state index in [1.807, 2.05) is 0 Å². The lowest BCUT2D eigenvalue weighted by Gasteiger charge is -2.12. The monoisotopic (exact) mass is 342 g/mol. The summed E-state index contributed by atoms with van der Waals surface area (Å²) in [5.41, 5.74) is 7.29. The molecule has 98 valence electrons. The molecule has 0 bridgehead atoms. The van der Waals surface area contributed by atoms with Crippen LogP contribution in [0.25, 0.3) is 0 Å². The highest BCUT2D eigenvalue weighted by atomic mass is 79.9. The molecule has 2 aromatic carbocycles. The molecular formula is C13H9BrF2N2S. The second-order valence-corrected chi connectivity index (χ2v) is 5.16. The first kappa shape index (κ1) is 13.9. The number of thiocarbonyl (C=S) groups is 1. The summed E-state index contributed by atoms with van der Waals surface area (Å²) in [4.78, 5) is 0.214. The Bertz CT molecular complexity index is 647. The molecule has 3 N–H and O–H groups in total. The smallest absolute Gasteiger partial charge is 0.160 e. The van der Waals surface area contributed by atoms with Crippen LogP contribution in [-0.4, -0.2) is 4.99 Å². The fourth-order valence-electron chi connectivity index (χ4n) is 1.56. The molecule has 2 nitrogen and oxygen atoms in total. The van der Waals surface area contributed by atoms with Crippen LogP contribution in [0.5, 0.6) is 0 Å². The number of halogens is 3. The Labute approximate surface area is 122 Å². The van der Waals surface area contributed by atoms with E-state index in [0.29, 0.717) is 16.9 Å². The topological polar surface area (TPSA) is 38.0 Å². The molecule has 0 unspecified atom stereocenters. The summed E-state index contributed by atoms with van der Waals surface area (Å²) in [6.45, 7) is 0. The second kappa shape index (κ2) is 5.63. The Morgan fingerprint density at radius 1 is 1.11 bits per heavy atom. The van der Waals surface area contributed by atoms with Crippen molar-refractivity contribution in [1.29, 1.82) is 0 Å². The first-order valence-corrected chi connectivity index (χ1v) is 6.49. The van der Waals surface area contributed by atoms with Gasteiger partial charge in [-0.15, -0.1) is 0 Å². The van der Waals surface area contributed by atoms with Crippen molar-refractivity contribution in [2.24, 2.45) is 5.73 Å². The van der Waals surface area contributed by atoms with E-state index in [4.69, 9.17) is 18.0 Å². The lowest BCUT2D eigenvalue weighted by molar-refractivity contribution is 0.509. The van der Waals surface area contributed by atoms with E-state index in [1.54, 1.807) is 18.2 Å². The summed E-state index contributed by atoms with van der Waals surface area (Å²) in [7, 11) is 0. The number of anilines is 2. The average molecular weight is 343 g/mol. The van der Waals surface area contributed by atoms with Gasteiger partial charge in [0, 0.05) is 27.5 Å². The van der Waals surface area contributed by atoms with Crippen molar-refractivity contribution < 1.29 is 8.78 Å². The van der Waals surface area contributed by atoms with Crippen molar-refractivity contribution in [2.45, 2.75) is 0 Å². The van der Waals surface area contributed by atoms with Crippen LogP contribution in [-0.2, 0) is 0 Å². The molecule has 0 radical (unpaired) electrons. The SMILES string of the molecule is NC(=S)c1cc(Br)ccc1Nc1ccc(F)c(F)c1. The molecule has 6 heteroatoms. The molecule has 0 atom stereocenters. The van der Waals surface area contributed by atoms with Gasteiger partial charge in [-0.05, 0) is 30.3 Å². The maximum Gasteiger partial charge on any atom is 0.160 e. The molecule has 0 heterocycles. The van der Waals surface area contributed by atoms with Gasteiger partial charge in [0.15, 0.2) is 11.6 Å². The predicted octanol–water partition coefficient (Wildman–Crippen LogP) is 4.11. The van der Waals surface area contributed by atoms with Gasteiger partial charge in [0.05, 0.1) is 0 Å². The van der Waals surface area contributed by atoms with Crippen LogP contribution in [0.3, 0.4) is 0 Å². The zero-order chi connectivity index (χ0) is 14.0. The zero-order valence-electron chi connectivity index (χ0n) is 9.58. The minimum atomic E-state index is -0.918. The third kappa shape index (κ3) is 3.27. The number of hydrogen-bond acceptors (Lipinski definition) is 2. The molecule has 0 fully saturated rings. The molecule has 0 spiro atoms. The average Bonchev–Trinajstić information content (AvgIpc) is 2.36. The Kier molecular flexibility index (Phi) is 4.11. The number of hydrogen-bond donors (Lipinski definition) is 2. The van der Waals surface area contributed by atoms with Crippen LogP contribution >= 0.6 is 28.1 Å². The Balaban J connectivity index is 2.37. The molecule has 0 aliphatic heterocycles. The molecule has 0 aliphatic carbocycles. The third-order valence-corrected chi connectivity index (χ3v) is 3.16. The first-order chi connectivity index (χ1) is 8.97. The van der Waals surface area contributed by atoms with Crippen LogP contribution < -0.4 is 11.1 Å². The van der Waals surface area contributed by atoms with E-state index >= 15 is 0 Å². The van der Waals surface area contributed by atoms with E-state index in [2.05, 4.69) is 21.2 Å². The van der Waals surface area contributed by atoms with Crippen LogP contribution in [0.2, 0.25) is 0 Å². The molecule has 2 aromatic rings. The molecule has 19 heavy (non-hydrogen) atoms. The first-order valence-electron chi connectivity index (χ1n) is 5.29. The van der Waals surface area contributed by atoms with Gasteiger partial charge in [-0.25, -0.2) is 8.78 Å². The molecule has 0 aromatic heterocycles. The van der Waals surface area contributed by atoms with Crippen molar-refractivity contribution in [2.75, 3.05) is 5.32 Å². The summed E-state index contributed by atoms with van der Waals surface area (Å²) in [5, 5.41) is 2.95. The number of rotatable bonds is 3. The van der Waals surface area contributed by atoms with E-state index in [0.717, 1.165) is 16.6 Å². The van der Waals surface area contributed by atoms with Crippen LogP contribution in [0.4, 0.5) is 20.2 Å². The highest BCUT2D eigenvalue weighted by Crippen LogP contribution is 2.25. The maximum absolute atomic E-state index is 13.1. The molecule has 0 saturated carbocycles. The summed E-state index contributed by atoms with van der Waals surface area (Å²) in [5.74, 6) is -1.81. The van der Waals surface area contributed by atoms with Gasteiger partial charge in [0.25, 0.3) is 0 Å². The van der Waals surface area contributed by atoms with Crippen molar-refractivity contribution in [1.82, 2.24) is 0 Å². The van der Waals surface area contributed by atoms with Crippen molar-refractivity contribution in [3.8, 4) is 0 Å². The zero-order valence-corrected chi connectivity index (χ0v) is 12.0. The van der Waals surface area contributed by atoms with Gasteiger partial charge < -0.3 is 11.1 Å². The molecule has 0 saturated heterocycles. The molecular weight excluding hydrogens is 334 g/mol. The Morgan fingerprint density at radius 3 is 2.47 bits per heavy atom. The van der Waals surface area contributed by atoms with E-state index < -0.39 is 11.6 Å². The normalized spacial score (nSPS) is 10.3. The summed E-state index contributed by atoms with van der Waals surface area (Å²) < 4.78 is 26.8. The van der Waals surface area contributed by atoms with E-state index in [-0.39, 0.29) is 4.99 Å². The Hall–Kier alpha value is -1.53. The van der Waals surface area contributed by atoms with E-state index in [9.17, 15) is 8.78 Å². The molecule has 0 amide bonds. The largest absolute Gasteiger partial charge is 0.389 e. The van der Waals surface area contributed by atoms with Crippen molar-refractivity contribution >= 4 is 44.5 Å². The number of nitrogens with one attached hydrogen (secondary N) is 1. The van der Waals surface area contributed by atoms with Gasteiger partial charge in [-0.3, -0.25) is 0 Å². The summed E-state index contributed by atoms with van der Waals surface area (Å²) in [6, 6.07) is 8.86. The Morgan fingerprint density at radius 2 is 1.84 bits per heavy atom. The predicted molar refractivity (Wildman–Crippen MR) is 79.7 cm³/mol. The molecule has 0 aliphatic rings.